The largest absolute Gasteiger partial charge is 0.360 e. The van der Waals surface area contributed by atoms with Crippen molar-refractivity contribution in [1.29, 1.82) is 0 Å². The van der Waals surface area contributed by atoms with E-state index in [2.05, 4.69) is 57.9 Å². The van der Waals surface area contributed by atoms with Gasteiger partial charge in [0.1, 0.15) is 5.52 Å². The van der Waals surface area contributed by atoms with E-state index in [1.165, 1.54) is 4.70 Å². The van der Waals surface area contributed by atoms with Gasteiger partial charge in [0.05, 0.1) is 10.4 Å². The maximum Gasteiger partial charge on any atom is 0.360 e. The van der Waals surface area contributed by atoms with Crippen LogP contribution in [0.2, 0.25) is 0 Å². The maximum atomic E-state index is 4.84. The minimum Gasteiger partial charge on any atom is -0.228 e. The molecule has 5 rings (SSSR count). The van der Waals surface area contributed by atoms with Crippen LogP contribution >= 0.6 is 11.3 Å². The number of hydrogen-bond donors (Lipinski definition) is 1. The van der Waals surface area contributed by atoms with Crippen molar-refractivity contribution in [3.8, 4) is 0 Å². The Morgan fingerprint density at radius 1 is 0.852 bits per heavy atom. The molecule has 27 heavy (non-hydrogen) atoms. The number of aromatic amines is 1. The SMILES string of the molecule is c1ccc(C2=NN(c3ccccc3)CN(c3[nH+]c4ccccc4s3)N2)cc1. The molecule has 1 aliphatic heterocycles. The second kappa shape index (κ2) is 6.74. The predicted octanol–water partition coefficient (Wildman–Crippen LogP) is 3.87. The number of anilines is 2. The molecular weight excluding hydrogens is 354 g/mol. The van der Waals surface area contributed by atoms with E-state index in [-0.39, 0.29) is 0 Å². The van der Waals surface area contributed by atoms with E-state index in [0.29, 0.717) is 6.67 Å². The third-order valence-electron chi connectivity index (χ3n) is 4.42. The van der Waals surface area contributed by atoms with Crippen molar-refractivity contribution in [2.24, 2.45) is 5.10 Å². The number of rotatable bonds is 3. The Labute approximate surface area is 161 Å². The Hall–Kier alpha value is -3.38. The number of amidine groups is 1. The molecule has 1 aliphatic rings. The molecule has 0 unspecified atom stereocenters. The van der Waals surface area contributed by atoms with Crippen molar-refractivity contribution in [3.63, 3.8) is 0 Å². The fourth-order valence-electron chi connectivity index (χ4n) is 3.07. The lowest BCUT2D eigenvalue weighted by atomic mass is 10.2. The van der Waals surface area contributed by atoms with E-state index >= 15 is 0 Å². The van der Waals surface area contributed by atoms with Crippen LogP contribution in [0.15, 0.2) is 90.0 Å². The molecule has 0 saturated heterocycles. The summed E-state index contributed by atoms with van der Waals surface area (Å²) in [6.07, 6.45) is 0. The molecule has 0 aliphatic carbocycles. The van der Waals surface area contributed by atoms with E-state index < -0.39 is 0 Å². The highest BCUT2D eigenvalue weighted by molar-refractivity contribution is 7.21. The lowest BCUT2D eigenvalue weighted by molar-refractivity contribution is -0.325. The van der Waals surface area contributed by atoms with Gasteiger partial charge < -0.3 is 0 Å². The fourth-order valence-corrected chi connectivity index (χ4v) is 4.03. The molecule has 0 atom stereocenters. The lowest BCUT2D eigenvalue weighted by Gasteiger charge is -2.29. The fraction of sp³-hybridized carbons (Fsp3) is 0.0476. The number of para-hydroxylation sites is 2. The molecule has 132 valence electrons. The van der Waals surface area contributed by atoms with Gasteiger partial charge in [-0.15, -0.1) is 10.1 Å². The first-order valence-electron chi connectivity index (χ1n) is 8.78. The Morgan fingerprint density at radius 3 is 2.33 bits per heavy atom. The van der Waals surface area contributed by atoms with Crippen molar-refractivity contribution < 1.29 is 4.98 Å². The Balaban J connectivity index is 1.56. The van der Waals surface area contributed by atoms with Crippen LogP contribution in [0.3, 0.4) is 0 Å². The monoisotopic (exact) mass is 372 g/mol. The minimum absolute atomic E-state index is 0.601. The van der Waals surface area contributed by atoms with Crippen LogP contribution in [0, 0.1) is 0 Å². The molecule has 0 fully saturated rings. The molecular formula is C21H18N5S+. The number of hydrazine groups is 1. The molecule has 2 N–H and O–H groups in total. The number of fused-ring (bicyclic) bond motifs is 1. The highest BCUT2D eigenvalue weighted by Crippen LogP contribution is 2.26. The zero-order chi connectivity index (χ0) is 18.1. The van der Waals surface area contributed by atoms with Gasteiger partial charge in [0.2, 0.25) is 6.67 Å². The third kappa shape index (κ3) is 3.11. The molecule has 3 aromatic carbocycles. The van der Waals surface area contributed by atoms with Gasteiger partial charge in [0, 0.05) is 5.56 Å². The molecule has 5 nitrogen and oxygen atoms in total. The van der Waals surface area contributed by atoms with Crippen LogP contribution in [0.5, 0.6) is 0 Å². The molecule has 0 bridgehead atoms. The van der Waals surface area contributed by atoms with Crippen molar-refractivity contribution in [2.45, 2.75) is 0 Å². The highest BCUT2D eigenvalue weighted by Gasteiger charge is 2.29. The number of thiazole rings is 1. The Bertz CT molecular complexity index is 1060. The summed E-state index contributed by atoms with van der Waals surface area (Å²) in [5.74, 6) is 0.816. The first kappa shape index (κ1) is 15.8. The second-order valence-corrected chi connectivity index (χ2v) is 7.29. The van der Waals surface area contributed by atoms with Gasteiger partial charge in [-0.3, -0.25) is 0 Å². The molecule has 1 aromatic heterocycles. The molecule has 0 saturated carbocycles. The zero-order valence-corrected chi connectivity index (χ0v) is 15.4. The third-order valence-corrected chi connectivity index (χ3v) is 5.51. The van der Waals surface area contributed by atoms with Crippen LogP contribution in [-0.4, -0.2) is 12.5 Å². The number of nitrogens with zero attached hydrogens (tertiary/aromatic N) is 3. The molecule has 0 radical (unpaired) electrons. The summed E-state index contributed by atoms with van der Waals surface area (Å²) < 4.78 is 1.23. The van der Waals surface area contributed by atoms with Crippen LogP contribution in [0.4, 0.5) is 10.8 Å². The van der Waals surface area contributed by atoms with E-state index in [4.69, 9.17) is 5.10 Å². The van der Waals surface area contributed by atoms with E-state index in [0.717, 1.165) is 27.7 Å². The quantitative estimate of drug-likeness (QED) is 0.594. The Morgan fingerprint density at radius 2 is 1.56 bits per heavy atom. The lowest BCUT2D eigenvalue weighted by Crippen LogP contribution is -2.54. The molecule has 4 aromatic rings. The minimum atomic E-state index is 0.601. The van der Waals surface area contributed by atoms with Crippen molar-refractivity contribution in [2.75, 3.05) is 16.7 Å². The topological polar surface area (TPSA) is 45.0 Å². The number of aromatic nitrogens is 1. The highest BCUT2D eigenvalue weighted by atomic mass is 32.1. The van der Waals surface area contributed by atoms with E-state index in [9.17, 15) is 0 Å². The summed E-state index contributed by atoms with van der Waals surface area (Å²) in [5, 5.41) is 10.00. The number of benzene rings is 3. The van der Waals surface area contributed by atoms with Crippen molar-refractivity contribution in [1.82, 2.24) is 5.43 Å². The summed E-state index contributed by atoms with van der Waals surface area (Å²) in [6.45, 7) is 0.601. The standard InChI is InChI=1S/C21H17N5S/c1-3-9-16(10-4-1)20-23-25(17-11-5-2-6-12-17)15-26(24-20)21-22-18-13-7-8-14-19(18)27-21/h1-14H,15H2,(H,23,24)/p+1. The van der Waals surface area contributed by atoms with E-state index in [1.54, 1.807) is 11.3 Å². The molecule has 6 heteroatoms. The normalized spacial score (nSPS) is 14.1. The van der Waals surface area contributed by atoms with Gasteiger partial charge in [-0.2, -0.15) is 0 Å². The van der Waals surface area contributed by atoms with Gasteiger partial charge in [-0.25, -0.2) is 15.4 Å². The molecule has 0 spiro atoms. The number of hydrazone groups is 1. The Kier molecular flexibility index (Phi) is 3.95. The van der Waals surface area contributed by atoms with Gasteiger partial charge >= 0.3 is 5.13 Å². The smallest absolute Gasteiger partial charge is 0.228 e. The molecule has 0 amide bonds. The maximum absolute atomic E-state index is 4.84. The first-order valence-corrected chi connectivity index (χ1v) is 9.60. The van der Waals surface area contributed by atoms with Gasteiger partial charge in [0.25, 0.3) is 0 Å². The van der Waals surface area contributed by atoms with Crippen LogP contribution in [-0.2, 0) is 0 Å². The van der Waals surface area contributed by atoms with Crippen LogP contribution in [0.25, 0.3) is 10.2 Å². The summed E-state index contributed by atoms with van der Waals surface area (Å²) in [7, 11) is 0. The van der Waals surface area contributed by atoms with Crippen molar-refractivity contribution in [3.05, 3.63) is 90.5 Å². The first-order chi connectivity index (χ1) is 13.4. The van der Waals surface area contributed by atoms with Gasteiger partial charge in [-0.1, -0.05) is 60.7 Å². The summed E-state index contributed by atoms with van der Waals surface area (Å²) in [5.41, 5.74) is 6.70. The van der Waals surface area contributed by atoms with E-state index in [1.807, 2.05) is 47.5 Å². The molecule has 2 heterocycles. The summed E-state index contributed by atoms with van der Waals surface area (Å²) in [6, 6.07) is 28.8. The number of hydrogen-bond acceptors (Lipinski definition) is 5. The van der Waals surface area contributed by atoms with Crippen LogP contribution in [0.1, 0.15) is 5.56 Å². The second-order valence-electron chi connectivity index (χ2n) is 6.26. The number of nitrogens with one attached hydrogen (secondary N) is 2. The predicted molar refractivity (Wildman–Crippen MR) is 111 cm³/mol. The van der Waals surface area contributed by atoms with Gasteiger partial charge in [-0.05, 0) is 35.6 Å². The average molecular weight is 372 g/mol. The zero-order valence-electron chi connectivity index (χ0n) is 14.5. The van der Waals surface area contributed by atoms with Crippen molar-refractivity contribution >= 4 is 38.2 Å². The van der Waals surface area contributed by atoms with Crippen LogP contribution < -0.4 is 20.4 Å². The number of H-pyrrole nitrogens is 1. The van der Waals surface area contributed by atoms with Gasteiger partial charge in [0.15, 0.2) is 5.84 Å². The summed E-state index contributed by atoms with van der Waals surface area (Å²) >= 11 is 1.72. The average Bonchev–Trinajstić information content (AvgIpc) is 3.19. The summed E-state index contributed by atoms with van der Waals surface area (Å²) in [4.78, 5) is 3.51.